The number of benzene rings is 1. The number of aromatic nitrogens is 1. The first-order valence-electron chi connectivity index (χ1n) is 4.98. The van der Waals surface area contributed by atoms with Crippen LogP contribution in [-0.4, -0.2) is 16.8 Å². The molecule has 2 rings (SSSR count). The van der Waals surface area contributed by atoms with E-state index in [-0.39, 0.29) is 11.7 Å². The maximum Gasteiger partial charge on any atom is 0.260 e. The first-order valence-corrected chi connectivity index (χ1v) is 4.98. The SMILES string of the molecule is CC(=O)c1cccc(NC(=O)c2cnoc2)c1. The highest BCUT2D eigenvalue weighted by Gasteiger charge is 2.08. The Morgan fingerprint density at radius 2 is 2.12 bits per heavy atom. The summed E-state index contributed by atoms with van der Waals surface area (Å²) in [6.07, 6.45) is 2.58. The van der Waals surface area contributed by atoms with Crippen molar-refractivity contribution in [2.45, 2.75) is 6.92 Å². The Morgan fingerprint density at radius 3 is 2.76 bits per heavy atom. The molecule has 0 bridgehead atoms. The molecule has 1 amide bonds. The number of carbonyl (C=O) groups excluding carboxylic acids is 2. The number of nitrogens with zero attached hydrogens (tertiary/aromatic N) is 1. The molecule has 17 heavy (non-hydrogen) atoms. The lowest BCUT2D eigenvalue weighted by Crippen LogP contribution is -2.11. The average molecular weight is 230 g/mol. The molecule has 0 fully saturated rings. The summed E-state index contributed by atoms with van der Waals surface area (Å²) in [5, 5.41) is 6.09. The number of anilines is 1. The van der Waals surface area contributed by atoms with Gasteiger partial charge in [-0.2, -0.15) is 0 Å². The van der Waals surface area contributed by atoms with Gasteiger partial charge >= 0.3 is 0 Å². The highest BCUT2D eigenvalue weighted by Crippen LogP contribution is 2.12. The van der Waals surface area contributed by atoms with E-state index in [1.807, 2.05) is 0 Å². The van der Waals surface area contributed by atoms with Crippen molar-refractivity contribution in [3.63, 3.8) is 0 Å². The van der Waals surface area contributed by atoms with E-state index in [1.165, 1.54) is 19.4 Å². The van der Waals surface area contributed by atoms with Gasteiger partial charge in [0.15, 0.2) is 5.78 Å². The average Bonchev–Trinajstić information content (AvgIpc) is 2.82. The first-order chi connectivity index (χ1) is 8.16. The van der Waals surface area contributed by atoms with Crippen molar-refractivity contribution in [1.29, 1.82) is 0 Å². The highest BCUT2D eigenvalue weighted by molar-refractivity contribution is 6.04. The summed E-state index contributed by atoms with van der Waals surface area (Å²) >= 11 is 0. The van der Waals surface area contributed by atoms with Gasteiger partial charge in [-0.1, -0.05) is 17.3 Å². The van der Waals surface area contributed by atoms with Crippen molar-refractivity contribution in [2.24, 2.45) is 0 Å². The summed E-state index contributed by atoms with van der Waals surface area (Å²) in [6, 6.07) is 6.73. The molecule has 0 saturated heterocycles. The van der Waals surface area contributed by atoms with E-state index in [4.69, 9.17) is 0 Å². The van der Waals surface area contributed by atoms with E-state index < -0.39 is 0 Å². The van der Waals surface area contributed by atoms with Crippen LogP contribution in [0.15, 0.2) is 41.2 Å². The highest BCUT2D eigenvalue weighted by atomic mass is 16.5. The number of nitrogens with one attached hydrogen (secondary N) is 1. The standard InChI is InChI=1S/C12H10N2O3/c1-8(15)9-3-2-4-11(5-9)14-12(16)10-6-13-17-7-10/h2-7H,1H3,(H,14,16). The van der Waals surface area contributed by atoms with E-state index in [0.29, 0.717) is 16.8 Å². The second-order valence-electron chi connectivity index (χ2n) is 3.50. The topological polar surface area (TPSA) is 72.2 Å². The van der Waals surface area contributed by atoms with Crippen LogP contribution in [0.4, 0.5) is 5.69 Å². The third-order valence-corrected chi connectivity index (χ3v) is 2.22. The van der Waals surface area contributed by atoms with E-state index >= 15 is 0 Å². The van der Waals surface area contributed by atoms with Crippen LogP contribution in [0.2, 0.25) is 0 Å². The molecule has 5 heteroatoms. The lowest BCUT2D eigenvalue weighted by atomic mass is 10.1. The van der Waals surface area contributed by atoms with Crippen molar-refractivity contribution in [2.75, 3.05) is 5.32 Å². The third kappa shape index (κ3) is 2.57. The summed E-state index contributed by atoms with van der Waals surface area (Å²) < 4.78 is 4.57. The zero-order valence-corrected chi connectivity index (χ0v) is 9.14. The van der Waals surface area contributed by atoms with Gasteiger partial charge in [-0.05, 0) is 19.1 Å². The van der Waals surface area contributed by atoms with E-state index in [1.54, 1.807) is 24.3 Å². The van der Waals surface area contributed by atoms with E-state index in [2.05, 4.69) is 15.0 Å². The van der Waals surface area contributed by atoms with Gasteiger partial charge in [0, 0.05) is 11.3 Å². The predicted octanol–water partition coefficient (Wildman–Crippen LogP) is 2.13. The quantitative estimate of drug-likeness (QED) is 0.820. The minimum atomic E-state index is -0.327. The van der Waals surface area contributed by atoms with Crippen molar-refractivity contribution in [3.05, 3.63) is 47.9 Å². The molecule has 1 N–H and O–H groups in total. The molecule has 0 spiro atoms. The second-order valence-corrected chi connectivity index (χ2v) is 3.50. The Bertz CT molecular complexity index is 547. The molecule has 0 atom stereocenters. The smallest absolute Gasteiger partial charge is 0.260 e. The van der Waals surface area contributed by atoms with Gasteiger partial charge in [-0.3, -0.25) is 9.59 Å². The second kappa shape index (κ2) is 4.61. The van der Waals surface area contributed by atoms with Crippen molar-refractivity contribution >= 4 is 17.4 Å². The predicted molar refractivity (Wildman–Crippen MR) is 60.9 cm³/mol. The molecular formula is C12H10N2O3. The molecule has 0 aliphatic heterocycles. The fraction of sp³-hybridized carbons (Fsp3) is 0.0833. The van der Waals surface area contributed by atoms with Crippen LogP contribution in [0.5, 0.6) is 0 Å². The van der Waals surface area contributed by atoms with Crippen LogP contribution in [0, 0.1) is 0 Å². The Balaban J connectivity index is 2.16. The summed E-state index contributed by atoms with van der Waals surface area (Å²) in [5.74, 6) is -0.377. The Labute approximate surface area is 97.4 Å². The molecule has 1 aromatic carbocycles. The third-order valence-electron chi connectivity index (χ3n) is 2.22. The Morgan fingerprint density at radius 1 is 1.29 bits per heavy atom. The maximum atomic E-state index is 11.7. The monoisotopic (exact) mass is 230 g/mol. The number of rotatable bonds is 3. The lowest BCUT2D eigenvalue weighted by molar-refractivity contribution is 0.101. The molecule has 0 aliphatic rings. The summed E-state index contributed by atoms with van der Waals surface area (Å²) in [7, 11) is 0. The van der Waals surface area contributed by atoms with Crippen LogP contribution < -0.4 is 5.32 Å². The van der Waals surface area contributed by atoms with Crippen molar-refractivity contribution in [3.8, 4) is 0 Å². The molecular weight excluding hydrogens is 220 g/mol. The van der Waals surface area contributed by atoms with Crippen LogP contribution in [0.25, 0.3) is 0 Å². The molecule has 0 unspecified atom stereocenters. The molecule has 0 saturated carbocycles. The van der Waals surface area contributed by atoms with Gasteiger partial charge in [0.25, 0.3) is 5.91 Å². The van der Waals surface area contributed by atoms with Crippen molar-refractivity contribution < 1.29 is 14.1 Å². The minimum absolute atomic E-state index is 0.0499. The maximum absolute atomic E-state index is 11.7. The van der Waals surface area contributed by atoms with Gasteiger partial charge in [0.05, 0.1) is 11.8 Å². The fourth-order valence-electron chi connectivity index (χ4n) is 1.34. The van der Waals surface area contributed by atoms with Gasteiger partial charge in [-0.15, -0.1) is 0 Å². The first kappa shape index (κ1) is 11.1. The zero-order chi connectivity index (χ0) is 12.3. The fourth-order valence-corrected chi connectivity index (χ4v) is 1.34. The Hall–Kier alpha value is -2.43. The molecule has 1 aromatic heterocycles. The van der Waals surface area contributed by atoms with Crippen LogP contribution in [-0.2, 0) is 0 Å². The van der Waals surface area contributed by atoms with Gasteiger partial charge in [0.2, 0.25) is 0 Å². The molecule has 86 valence electrons. The summed E-state index contributed by atoms with van der Waals surface area (Å²) in [6.45, 7) is 1.47. The lowest BCUT2D eigenvalue weighted by Gasteiger charge is -2.04. The number of carbonyl (C=O) groups is 2. The van der Waals surface area contributed by atoms with E-state index in [0.717, 1.165) is 0 Å². The van der Waals surface area contributed by atoms with Crippen LogP contribution in [0.3, 0.4) is 0 Å². The molecule has 1 heterocycles. The number of hydrogen-bond donors (Lipinski definition) is 1. The number of Topliss-reactive ketones (excluding diaryl/α,β-unsaturated/α-hetero) is 1. The van der Waals surface area contributed by atoms with Gasteiger partial charge in [-0.25, -0.2) is 0 Å². The van der Waals surface area contributed by atoms with E-state index in [9.17, 15) is 9.59 Å². The summed E-state index contributed by atoms with van der Waals surface area (Å²) in [4.78, 5) is 22.8. The molecule has 0 aliphatic carbocycles. The van der Waals surface area contributed by atoms with Gasteiger partial charge < -0.3 is 9.84 Å². The molecule has 5 nitrogen and oxygen atoms in total. The van der Waals surface area contributed by atoms with Crippen LogP contribution >= 0.6 is 0 Å². The molecule has 2 aromatic rings. The normalized spacial score (nSPS) is 9.94. The largest absolute Gasteiger partial charge is 0.364 e. The minimum Gasteiger partial charge on any atom is -0.364 e. The zero-order valence-electron chi connectivity index (χ0n) is 9.14. The molecule has 0 radical (unpaired) electrons. The van der Waals surface area contributed by atoms with Crippen molar-refractivity contribution in [1.82, 2.24) is 5.16 Å². The number of ketones is 1. The van der Waals surface area contributed by atoms with Crippen LogP contribution in [0.1, 0.15) is 27.6 Å². The number of amides is 1. The van der Waals surface area contributed by atoms with Gasteiger partial charge in [0.1, 0.15) is 6.26 Å². The Kier molecular flexibility index (Phi) is 3.00. The summed E-state index contributed by atoms with van der Waals surface area (Å²) in [5.41, 5.74) is 1.44. The number of hydrogen-bond acceptors (Lipinski definition) is 4.